The molecule has 0 atom stereocenters. The summed E-state index contributed by atoms with van der Waals surface area (Å²) in [5.74, 6) is 0.994. The van der Waals surface area contributed by atoms with Crippen molar-refractivity contribution in [1.29, 1.82) is 0 Å². The van der Waals surface area contributed by atoms with Gasteiger partial charge in [0.05, 0.1) is 5.69 Å². The van der Waals surface area contributed by atoms with E-state index in [1.165, 1.54) is 0 Å². The minimum absolute atomic E-state index is 0. The predicted octanol–water partition coefficient (Wildman–Crippen LogP) is 4.34. The van der Waals surface area contributed by atoms with Crippen LogP contribution < -0.4 is 5.32 Å². The maximum atomic E-state index is 12.3. The Labute approximate surface area is 152 Å². The summed E-state index contributed by atoms with van der Waals surface area (Å²) < 4.78 is 0. The van der Waals surface area contributed by atoms with Crippen LogP contribution in [0.3, 0.4) is 0 Å². The van der Waals surface area contributed by atoms with Gasteiger partial charge in [-0.3, -0.25) is 4.79 Å². The molecule has 0 spiro atoms. The van der Waals surface area contributed by atoms with Crippen molar-refractivity contribution in [2.45, 2.75) is 6.92 Å². The summed E-state index contributed by atoms with van der Waals surface area (Å²) in [6.07, 6.45) is 0. The van der Waals surface area contributed by atoms with Gasteiger partial charge in [0, 0.05) is 30.6 Å². The number of hydrogen-bond acceptors (Lipinski definition) is 3. The molecule has 4 nitrogen and oxygen atoms in total. The van der Waals surface area contributed by atoms with Crippen LogP contribution in [0.2, 0.25) is 0 Å². The van der Waals surface area contributed by atoms with Crippen LogP contribution in [0.15, 0.2) is 53.5 Å². The highest BCUT2D eigenvalue weighted by atomic mass is 35.5. The molecule has 1 fully saturated rings. The Bertz CT molecular complexity index is 746. The van der Waals surface area contributed by atoms with Gasteiger partial charge in [-0.05, 0) is 42.8 Å². The summed E-state index contributed by atoms with van der Waals surface area (Å²) in [7, 11) is 2.05. The summed E-state index contributed by atoms with van der Waals surface area (Å²) in [4.78, 5) is 19.1. The van der Waals surface area contributed by atoms with Crippen molar-refractivity contribution in [3.63, 3.8) is 0 Å². The molecule has 1 heterocycles. The molecule has 6 heteroatoms. The Morgan fingerprint density at radius 2 is 1.88 bits per heavy atom. The Balaban J connectivity index is 0.00000208. The second-order valence-corrected chi connectivity index (χ2v) is 6.54. The molecule has 0 bridgehead atoms. The van der Waals surface area contributed by atoms with E-state index in [4.69, 9.17) is 0 Å². The molecular weight excluding hydrogens is 342 g/mol. The zero-order valence-electron chi connectivity index (χ0n) is 13.7. The first-order chi connectivity index (χ1) is 11.1. The van der Waals surface area contributed by atoms with Crippen molar-refractivity contribution >= 4 is 46.6 Å². The van der Waals surface area contributed by atoms with Crippen molar-refractivity contribution in [2.75, 3.05) is 24.7 Å². The van der Waals surface area contributed by atoms with Crippen LogP contribution in [-0.2, 0) is 0 Å². The molecule has 1 aliphatic heterocycles. The number of nitrogens with one attached hydrogen (secondary N) is 1. The van der Waals surface area contributed by atoms with E-state index in [0.29, 0.717) is 5.56 Å². The quantitative estimate of drug-likeness (QED) is 0.884. The number of carbonyl (C=O) groups is 1. The number of amides is 1. The lowest BCUT2D eigenvalue weighted by atomic mass is 10.1. The molecule has 2 aromatic rings. The van der Waals surface area contributed by atoms with Crippen molar-refractivity contribution in [2.24, 2.45) is 4.99 Å². The van der Waals surface area contributed by atoms with Crippen LogP contribution in [0.25, 0.3) is 0 Å². The van der Waals surface area contributed by atoms with Gasteiger partial charge in [0.15, 0.2) is 5.17 Å². The van der Waals surface area contributed by atoms with E-state index in [0.717, 1.165) is 34.4 Å². The smallest absolute Gasteiger partial charge is 0.255 e. The molecular formula is C18H20ClN3OS. The Morgan fingerprint density at radius 1 is 1.17 bits per heavy atom. The third kappa shape index (κ3) is 4.30. The zero-order valence-corrected chi connectivity index (χ0v) is 15.3. The fourth-order valence-corrected chi connectivity index (χ4v) is 3.38. The lowest BCUT2D eigenvalue weighted by Gasteiger charge is -2.10. The molecule has 1 amide bonds. The number of aliphatic imine (C=N–C) groups is 1. The highest BCUT2D eigenvalue weighted by Crippen LogP contribution is 2.23. The summed E-state index contributed by atoms with van der Waals surface area (Å²) in [5.41, 5.74) is 3.33. The summed E-state index contributed by atoms with van der Waals surface area (Å²) >= 11 is 1.77. The fourth-order valence-electron chi connectivity index (χ4n) is 2.35. The standard InChI is InChI=1S/C18H19N3OS.ClH/c1-13-5-3-4-6-16(13)17(22)19-14-7-9-15(10-8-14)20-18-21(2)11-12-23-18;/h3-10H,11-12H2,1-2H3,(H,19,22);1H. The number of carbonyl (C=O) groups excluding carboxylic acids is 1. The number of anilines is 1. The van der Waals surface area contributed by atoms with Crippen LogP contribution in [0, 0.1) is 6.92 Å². The van der Waals surface area contributed by atoms with Crippen molar-refractivity contribution in [3.8, 4) is 0 Å². The van der Waals surface area contributed by atoms with E-state index in [1.807, 2.05) is 55.5 Å². The van der Waals surface area contributed by atoms with E-state index < -0.39 is 0 Å². The second kappa shape index (κ2) is 8.22. The van der Waals surface area contributed by atoms with E-state index in [1.54, 1.807) is 11.8 Å². The fraction of sp³-hybridized carbons (Fsp3) is 0.222. The first kappa shape index (κ1) is 18.4. The maximum Gasteiger partial charge on any atom is 0.255 e. The van der Waals surface area contributed by atoms with Gasteiger partial charge < -0.3 is 10.2 Å². The van der Waals surface area contributed by atoms with Gasteiger partial charge in [-0.2, -0.15) is 0 Å². The normalized spacial score (nSPS) is 15.2. The van der Waals surface area contributed by atoms with Crippen LogP contribution in [0.5, 0.6) is 0 Å². The number of nitrogens with zero attached hydrogens (tertiary/aromatic N) is 2. The van der Waals surface area contributed by atoms with E-state index in [2.05, 4.69) is 22.3 Å². The average Bonchev–Trinajstić information content (AvgIpc) is 2.95. The van der Waals surface area contributed by atoms with Crippen molar-refractivity contribution in [3.05, 3.63) is 59.7 Å². The zero-order chi connectivity index (χ0) is 16.2. The number of rotatable bonds is 3. The van der Waals surface area contributed by atoms with Gasteiger partial charge in [0.2, 0.25) is 0 Å². The summed E-state index contributed by atoms with van der Waals surface area (Å²) in [6, 6.07) is 15.2. The number of benzene rings is 2. The Kier molecular flexibility index (Phi) is 6.29. The predicted molar refractivity (Wildman–Crippen MR) is 105 cm³/mol. The highest BCUT2D eigenvalue weighted by molar-refractivity contribution is 8.14. The van der Waals surface area contributed by atoms with E-state index in [9.17, 15) is 4.79 Å². The van der Waals surface area contributed by atoms with Crippen molar-refractivity contribution in [1.82, 2.24) is 4.90 Å². The first-order valence-corrected chi connectivity index (χ1v) is 8.52. The first-order valence-electron chi connectivity index (χ1n) is 7.53. The molecule has 0 saturated carbocycles. The number of thioether (sulfide) groups is 1. The SMILES string of the molecule is Cc1ccccc1C(=O)Nc1ccc(N=C2SCCN2C)cc1.Cl. The third-order valence-electron chi connectivity index (χ3n) is 3.72. The van der Waals surface area contributed by atoms with Gasteiger partial charge in [-0.15, -0.1) is 12.4 Å². The van der Waals surface area contributed by atoms with E-state index >= 15 is 0 Å². The third-order valence-corrected chi connectivity index (χ3v) is 4.77. The molecule has 0 unspecified atom stereocenters. The number of halogens is 1. The van der Waals surface area contributed by atoms with Gasteiger partial charge in [0.25, 0.3) is 5.91 Å². The molecule has 1 aliphatic rings. The molecule has 3 rings (SSSR count). The van der Waals surface area contributed by atoms with E-state index in [-0.39, 0.29) is 18.3 Å². The molecule has 0 aliphatic carbocycles. The van der Waals surface area contributed by atoms with Crippen LogP contribution in [0.4, 0.5) is 11.4 Å². The van der Waals surface area contributed by atoms with Crippen LogP contribution >= 0.6 is 24.2 Å². The number of aryl methyl sites for hydroxylation is 1. The summed E-state index contributed by atoms with van der Waals surface area (Å²) in [5, 5.41) is 3.97. The number of hydrogen-bond donors (Lipinski definition) is 1. The van der Waals surface area contributed by atoms with Gasteiger partial charge in [0.1, 0.15) is 0 Å². The average molecular weight is 362 g/mol. The van der Waals surface area contributed by atoms with Crippen molar-refractivity contribution < 1.29 is 4.79 Å². The van der Waals surface area contributed by atoms with Gasteiger partial charge >= 0.3 is 0 Å². The number of amidine groups is 1. The van der Waals surface area contributed by atoms with Crippen LogP contribution in [0.1, 0.15) is 15.9 Å². The molecule has 24 heavy (non-hydrogen) atoms. The summed E-state index contributed by atoms with van der Waals surface area (Å²) in [6.45, 7) is 2.97. The molecule has 0 radical (unpaired) electrons. The monoisotopic (exact) mass is 361 g/mol. The molecule has 1 N–H and O–H groups in total. The van der Waals surface area contributed by atoms with Gasteiger partial charge in [-0.25, -0.2) is 4.99 Å². The minimum atomic E-state index is -0.0896. The Morgan fingerprint density at radius 3 is 2.50 bits per heavy atom. The minimum Gasteiger partial charge on any atom is -0.353 e. The topological polar surface area (TPSA) is 44.7 Å². The molecule has 126 valence electrons. The van der Waals surface area contributed by atoms with Gasteiger partial charge in [-0.1, -0.05) is 30.0 Å². The largest absolute Gasteiger partial charge is 0.353 e. The lowest BCUT2D eigenvalue weighted by molar-refractivity contribution is 0.102. The van der Waals surface area contributed by atoms with Crippen LogP contribution in [-0.4, -0.2) is 35.3 Å². The highest BCUT2D eigenvalue weighted by Gasteiger charge is 2.14. The molecule has 1 saturated heterocycles. The lowest BCUT2D eigenvalue weighted by Crippen LogP contribution is -2.17. The Hall–Kier alpha value is -1.98. The molecule has 0 aromatic heterocycles. The maximum absolute atomic E-state index is 12.3. The molecule has 2 aromatic carbocycles. The second-order valence-electron chi connectivity index (χ2n) is 5.48.